The Balaban J connectivity index is 2.25. The van der Waals surface area contributed by atoms with Crippen LogP contribution in [0.1, 0.15) is 51.3 Å². The van der Waals surface area contributed by atoms with Crippen molar-refractivity contribution in [3.05, 3.63) is 29.3 Å². The summed E-state index contributed by atoms with van der Waals surface area (Å²) >= 11 is 0. The van der Waals surface area contributed by atoms with Crippen LogP contribution in [0, 0.1) is 0 Å². The molecule has 0 bridgehead atoms. The van der Waals surface area contributed by atoms with Crippen molar-refractivity contribution in [2.45, 2.75) is 51.8 Å². The Morgan fingerprint density at radius 3 is 2.62 bits per heavy atom. The summed E-state index contributed by atoms with van der Waals surface area (Å²) in [6.45, 7) is 9.32. The molecule has 4 nitrogen and oxygen atoms in total. The van der Waals surface area contributed by atoms with Crippen molar-refractivity contribution < 1.29 is 8.42 Å². The number of fused-ring (bicyclic) bond motifs is 1. The average Bonchev–Trinajstić information content (AvgIpc) is 2.87. The van der Waals surface area contributed by atoms with Gasteiger partial charge in [0.05, 0.1) is 10.9 Å². The lowest BCUT2D eigenvalue weighted by atomic mass is 10.0. The molecule has 0 radical (unpaired) electrons. The van der Waals surface area contributed by atoms with Crippen LogP contribution in [0.25, 0.3) is 0 Å². The monoisotopic (exact) mass is 310 g/mol. The third-order valence-corrected chi connectivity index (χ3v) is 6.24. The van der Waals surface area contributed by atoms with Gasteiger partial charge in [0.15, 0.2) is 0 Å². The molecule has 1 unspecified atom stereocenters. The lowest BCUT2D eigenvalue weighted by molar-refractivity contribution is 0.570. The summed E-state index contributed by atoms with van der Waals surface area (Å²) in [6.07, 6.45) is 1.91. The number of benzene rings is 1. The fraction of sp³-hybridized carbons (Fsp3) is 0.625. The van der Waals surface area contributed by atoms with Gasteiger partial charge in [0.2, 0.25) is 10.0 Å². The molecule has 21 heavy (non-hydrogen) atoms. The van der Waals surface area contributed by atoms with E-state index >= 15 is 0 Å². The van der Waals surface area contributed by atoms with Gasteiger partial charge in [-0.3, -0.25) is 4.31 Å². The maximum absolute atomic E-state index is 12.4. The Kier molecular flexibility index (Phi) is 4.94. The molecule has 1 aromatic rings. The summed E-state index contributed by atoms with van der Waals surface area (Å²) in [7, 11) is -3.22. The van der Waals surface area contributed by atoms with E-state index in [1.165, 1.54) is 5.56 Å². The Bertz CT molecular complexity index is 596. The normalized spacial score (nSPS) is 16.3. The first kappa shape index (κ1) is 16.3. The second-order valence-corrected chi connectivity index (χ2v) is 8.39. The Morgan fingerprint density at radius 2 is 2.00 bits per heavy atom. The van der Waals surface area contributed by atoms with Crippen LogP contribution in [0.15, 0.2) is 18.2 Å². The van der Waals surface area contributed by atoms with Crippen molar-refractivity contribution in [3.8, 4) is 0 Å². The molecule has 2 rings (SSSR count). The Morgan fingerprint density at radius 1 is 1.29 bits per heavy atom. The van der Waals surface area contributed by atoms with Gasteiger partial charge in [0, 0.05) is 12.6 Å². The fourth-order valence-corrected chi connectivity index (χ4v) is 3.97. The minimum Gasteiger partial charge on any atom is -0.310 e. The SMILES string of the molecule is CCCNC(C)c1ccc2c(c1)CCN2S(=O)(=O)C(C)C. The summed E-state index contributed by atoms with van der Waals surface area (Å²) in [4.78, 5) is 0. The summed E-state index contributed by atoms with van der Waals surface area (Å²) in [5.74, 6) is 0. The predicted octanol–water partition coefficient (Wildman–Crippen LogP) is 2.85. The van der Waals surface area contributed by atoms with Gasteiger partial charge in [-0.1, -0.05) is 19.1 Å². The van der Waals surface area contributed by atoms with E-state index in [4.69, 9.17) is 0 Å². The molecule has 0 saturated heterocycles. The molecule has 0 fully saturated rings. The van der Waals surface area contributed by atoms with E-state index in [0.717, 1.165) is 30.6 Å². The van der Waals surface area contributed by atoms with Crippen molar-refractivity contribution >= 4 is 15.7 Å². The van der Waals surface area contributed by atoms with Gasteiger partial charge in [-0.15, -0.1) is 0 Å². The smallest absolute Gasteiger partial charge is 0.237 e. The van der Waals surface area contributed by atoms with Crippen molar-refractivity contribution in [1.82, 2.24) is 5.32 Å². The van der Waals surface area contributed by atoms with Crippen molar-refractivity contribution in [2.24, 2.45) is 0 Å². The highest BCUT2D eigenvalue weighted by Crippen LogP contribution is 2.33. The van der Waals surface area contributed by atoms with Crippen LogP contribution in [-0.2, 0) is 16.4 Å². The van der Waals surface area contributed by atoms with Crippen molar-refractivity contribution in [2.75, 3.05) is 17.4 Å². The summed E-state index contributed by atoms with van der Waals surface area (Å²) < 4.78 is 26.3. The largest absolute Gasteiger partial charge is 0.310 e. The minimum atomic E-state index is -3.22. The topological polar surface area (TPSA) is 49.4 Å². The van der Waals surface area contributed by atoms with Gasteiger partial charge in [-0.05, 0) is 57.4 Å². The molecule has 1 aromatic carbocycles. The number of nitrogens with one attached hydrogen (secondary N) is 1. The number of anilines is 1. The standard InChI is InChI=1S/C16H26N2O2S/c1-5-9-17-13(4)14-6-7-16-15(11-14)8-10-18(16)21(19,20)12(2)3/h6-7,11-13,17H,5,8-10H2,1-4H3. The maximum Gasteiger partial charge on any atom is 0.237 e. The molecule has 0 amide bonds. The van der Waals surface area contributed by atoms with Gasteiger partial charge in [-0.25, -0.2) is 8.42 Å². The molecular weight excluding hydrogens is 284 g/mol. The highest BCUT2D eigenvalue weighted by molar-refractivity contribution is 7.93. The fourth-order valence-electron chi connectivity index (χ4n) is 2.66. The van der Waals surface area contributed by atoms with Crippen LogP contribution >= 0.6 is 0 Å². The number of sulfonamides is 1. The molecule has 1 heterocycles. The first-order valence-corrected chi connectivity index (χ1v) is 9.26. The number of nitrogens with zero attached hydrogens (tertiary/aromatic N) is 1. The quantitative estimate of drug-likeness (QED) is 0.879. The van der Waals surface area contributed by atoms with Crippen LogP contribution in [0.2, 0.25) is 0 Å². The third kappa shape index (κ3) is 3.24. The molecule has 118 valence electrons. The molecule has 0 saturated carbocycles. The van der Waals surface area contributed by atoms with Gasteiger partial charge >= 0.3 is 0 Å². The molecular formula is C16H26N2O2S. The van der Waals surface area contributed by atoms with E-state index in [2.05, 4.69) is 25.2 Å². The zero-order valence-electron chi connectivity index (χ0n) is 13.4. The number of hydrogen-bond acceptors (Lipinski definition) is 3. The maximum atomic E-state index is 12.4. The molecule has 1 aliphatic heterocycles. The van der Waals surface area contributed by atoms with Gasteiger partial charge in [0.1, 0.15) is 0 Å². The third-order valence-electron chi connectivity index (χ3n) is 4.06. The van der Waals surface area contributed by atoms with Crippen LogP contribution < -0.4 is 9.62 Å². The van der Waals surface area contributed by atoms with Gasteiger partial charge in [0.25, 0.3) is 0 Å². The minimum absolute atomic E-state index is 0.297. The molecule has 0 aromatic heterocycles. The molecule has 0 aliphatic carbocycles. The first-order valence-electron chi connectivity index (χ1n) is 7.75. The van der Waals surface area contributed by atoms with E-state index in [1.54, 1.807) is 18.2 Å². The Hall–Kier alpha value is -1.07. The molecule has 1 atom stereocenters. The zero-order chi connectivity index (χ0) is 15.6. The van der Waals surface area contributed by atoms with Gasteiger partial charge < -0.3 is 5.32 Å². The summed E-state index contributed by atoms with van der Waals surface area (Å²) in [6, 6.07) is 6.45. The van der Waals surface area contributed by atoms with E-state index in [-0.39, 0.29) is 5.25 Å². The molecule has 5 heteroatoms. The molecule has 1 N–H and O–H groups in total. The first-order chi connectivity index (χ1) is 9.87. The van der Waals surface area contributed by atoms with E-state index in [0.29, 0.717) is 12.6 Å². The summed E-state index contributed by atoms with van der Waals surface area (Å²) in [5, 5.41) is 3.09. The van der Waals surface area contributed by atoms with Crippen LogP contribution in [-0.4, -0.2) is 26.8 Å². The lowest BCUT2D eigenvalue weighted by Gasteiger charge is -2.22. The number of rotatable bonds is 6. The van der Waals surface area contributed by atoms with Crippen LogP contribution in [0.5, 0.6) is 0 Å². The molecule has 1 aliphatic rings. The Labute approximate surface area is 128 Å². The van der Waals surface area contributed by atoms with Crippen LogP contribution in [0.3, 0.4) is 0 Å². The second kappa shape index (κ2) is 6.36. The molecule has 0 spiro atoms. The average molecular weight is 310 g/mol. The van der Waals surface area contributed by atoms with Crippen molar-refractivity contribution in [3.63, 3.8) is 0 Å². The van der Waals surface area contributed by atoms with Crippen molar-refractivity contribution in [1.29, 1.82) is 0 Å². The summed E-state index contributed by atoms with van der Waals surface area (Å²) in [5.41, 5.74) is 3.23. The second-order valence-electron chi connectivity index (χ2n) is 5.98. The predicted molar refractivity (Wildman–Crippen MR) is 88.3 cm³/mol. The zero-order valence-corrected chi connectivity index (χ0v) is 14.2. The van der Waals surface area contributed by atoms with E-state index in [1.807, 2.05) is 12.1 Å². The lowest BCUT2D eigenvalue weighted by Crippen LogP contribution is -2.34. The van der Waals surface area contributed by atoms with Crippen LogP contribution in [0.4, 0.5) is 5.69 Å². The van der Waals surface area contributed by atoms with E-state index < -0.39 is 10.0 Å². The van der Waals surface area contributed by atoms with Gasteiger partial charge in [-0.2, -0.15) is 0 Å². The number of hydrogen-bond donors (Lipinski definition) is 1. The highest BCUT2D eigenvalue weighted by atomic mass is 32.2. The highest BCUT2D eigenvalue weighted by Gasteiger charge is 2.31. The van der Waals surface area contributed by atoms with E-state index in [9.17, 15) is 8.42 Å².